The van der Waals surface area contributed by atoms with Crippen molar-refractivity contribution in [1.82, 2.24) is 19.8 Å². The maximum absolute atomic E-state index is 13.5. The van der Waals surface area contributed by atoms with Gasteiger partial charge in [0.25, 0.3) is 11.8 Å². The molecule has 2 fully saturated rings. The number of aromatic nitrogens is 2. The molecule has 0 bridgehead atoms. The predicted octanol–water partition coefficient (Wildman–Crippen LogP) is 6.05. The van der Waals surface area contributed by atoms with Gasteiger partial charge in [-0.3, -0.25) is 9.59 Å². The lowest BCUT2D eigenvalue weighted by atomic mass is 9.74. The van der Waals surface area contributed by atoms with Crippen LogP contribution in [-0.4, -0.2) is 46.0 Å². The summed E-state index contributed by atoms with van der Waals surface area (Å²) < 4.78 is 2.76. The maximum Gasteiger partial charge on any atom is 0.274 e. The van der Waals surface area contributed by atoms with E-state index in [2.05, 4.69) is 44.5 Å². The molecule has 6 nitrogen and oxygen atoms in total. The number of carbonyl (C=O) groups is 2. The monoisotopic (exact) mass is 576 g/mol. The van der Waals surface area contributed by atoms with Crippen LogP contribution in [0.2, 0.25) is 0 Å². The van der Waals surface area contributed by atoms with Gasteiger partial charge in [0, 0.05) is 25.8 Å². The van der Waals surface area contributed by atoms with Gasteiger partial charge in [0.05, 0.1) is 14.2 Å². The number of hydrogen-bond donors (Lipinski definition) is 1. The minimum atomic E-state index is 0.000764. The fraction of sp³-hybridized carbons (Fsp3) is 0.345. The van der Waals surface area contributed by atoms with Crippen LogP contribution in [0.3, 0.4) is 0 Å². The van der Waals surface area contributed by atoms with Crippen molar-refractivity contribution in [2.75, 3.05) is 19.6 Å². The molecule has 4 heterocycles. The van der Waals surface area contributed by atoms with Crippen LogP contribution < -0.4 is 5.32 Å². The molecule has 0 radical (unpaired) electrons. The van der Waals surface area contributed by atoms with Gasteiger partial charge in [-0.1, -0.05) is 36.8 Å². The SMILES string of the molecule is Cc1cc(Br)sc1C(=O)NC[C@@H]1CCC[C@@H]2CN(C(=O)c3cc4cc(-c5ccccc5)ccn4n3)C[C@H]21. The molecule has 1 aliphatic heterocycles. The number of rotatable bonds is 5. The molecule has 1 aliphatic carbocycles. The molecule has 3 atom stereocenters. The molecule has 8 heteroatoms. The first-order valence-corrected chi connectivity index (χ1v) is 14.5. The first-order valence-electron chi connectivity index (χ1n) is 12.8. The summed E-state index contributed by atoms with van der Waals surface area (Å²) in [6.45, 7) is 4.13. The zero-order valence-electron chi connectivity index (χ0n) is 20.7. The maximum atomic E-state index is 13.5. The summed E-state index contributed by atoms with van der Waals surface area (Å²) >= 11 is 4.95. The van der Waals surface area contributed by atoms with Gasteiger partial charge < -0.3 is 10.2 Å². The Labute approximate surface area is 228 Å². The normalized spacial score (nSPS) is 21.2. The Hall–Kier alpha value is -2.97. The van der Waals surface area contributed by atoms with Crippen LogP contribution in [0, 0.1) is 24.7 Å². The predicted molar refractivity (Wildman–Crippen MR) is 150 cm³/mol. The number of amides is 2. The molecule has 2 aliphatic rings. The van der Waals surface area contributed by atoms with Gasteiger partial charge in [-0.25, -0.2) is 4.52 Å². The number of pyridine rings is 1. The van der Waals surface area contributed by atoms with E-state index < -0.39 is 0 Å². The van der Waals surface area contributed by atoms with E-state index in [1.54, 1.807) is 4.52 Å². The lowest BCUT2D eigenvalue weighted by molar-refractivity contribution is 0.0773. The van der Waals surface area contributed by atoms with E-state index in [1.807, 2.05) is 54.4 Å². The van der Waals surface area contributed by atoms with E-state index in [4.69, 9.17) is 0 Å². The highest BCUT2D eigenvalue weighted by molar-refractivity contribution is 9.11. The zero-order chi connectivity index (χ0) is 25.5. The minimum Gasteiger partial charge on any atom is -0.351 e. The molecule has 1 N–H and O–H groups in total. The number of nitrogens with zero attached hydrogens (tertiary/aromatic N) is 3. The molecule has 2 amide bonds. The summed E-state index contributed by atoms with van der Waals surface area (Å²) in [6, 6.07) is 18.2. The van der Waals surface area contributed by atoms with E-state index in [1.165, 1.54) is 11.3 Å². The van der Waals surface area contributed by atoms with E-state index in [0.29, 0.717) is 30.0 Å². The smallest absolute Gasteiger partial charge is 0.274 e. The summed E-state index contributed by atoms with van der Waals surface area (Å²) in [6.07, 6.45) is 5.30. The van der Waals surface area contributed by atoms with Crippen LogP contribution in [0.1, 0.15) is 45.0 Å². The second-order valence-corrected chi connectivity index (χ2v) is 12.7. The summed E-state index contributed by atoms with van der Waals surface area (Å²) in [4.78, 5) is 29.0. The van der Waals surface area contributed by atoms with Gasteiger partial charge in [0.1, 0.15) is 0 Å². The second-order valence-electron chi connectivity index (χ2n) is 10.3. The van der Waals surface area contributed by atoms with Gasteiger partial charge in [-0.2, -0.15) is 5.10 Å². The number of likely N-dealkylation sites (tertiary alicyclic amines) is 1. The van der Waals surface area contributed by atoms with Crippen molar-refractivity contribution in [3.05, 3.63) is 80.7 Å². The summed E-state index contributed by atoms with van der Waals surface area (Å²) in [5.74, 6) is 1.29. The van der Waals surface area contributed by atoms with Gasteiger partial charge in [0.15, 0.2) is 5.69 Å². The van der Waals surface area contributed by atoms with E-state index in [9.17, 15) is 9.59 Å². The Bertz CT molecular complexity index is 1460. The number of nitrogens with one attached hydrogen (secondary N) is 1. The molecule has 0 spiro atoms. The topological polar surface area (TPSA) is 66.7 Å². The van der Waals surface area contributed by atoms with Crippen molar-refractivity contribution in [2.45, 2.75) is 26.2 Å². The molecule has 1 saturated carbocycles. The first-order chi connectivity index (χ1) is 18.0. The van der Waals surface area contributed by atoms with Crippen molar-refractivity contribution in [3.8, 4) is 11.1 Å². The van der Waals surface area contributed by atoms with Crippen LogP contribution >= 0.6 is 27.3 Å². The van der Waals surface area contributed by atoms with Crippen molar-refractivity contribution < 1.29 is 9.59 Å². The van der Waals surface area contributed by atoms with Crippen molar-refractivity contribution in [3.63, 3.8) is 0 Å². The fourth-order valence-electron chi connectivity index (χ4n) is 6.06. The Morgan fingerprint density at radius 2 is 1.92 bits per heavy atom. The number of carbonyl (C=O) groups excluding carboxylic acids is 2. The molecule has 4 aromatic rings. The largest absolute Gasteiger partial charge is 0.351 e. The van der Waals surface area contributed by atoms with Crippen LogP contribution in [0.5, 0.6) is 0 Å². The number of fused-ring (bicyclic) bond motifs is 2. The Balaban J connectivity index is 1.14. The zero-order valence-corrected chi connectivity index (χ0v) is 23.1. The molecule has 190 valence electrons. The van der Waals surface area contributed by atoms with Gasteiger partial charge >= 0.3 is 0 Å². The van der Waals surface area contributed by atoms with Crippen LogP contribution in [0.15, 0.2) is 64.6 Å². The van der Waals surface area contributed by atoms with Crippen molar-refractivity contribution in [2.24, 2.45) is 17.8 Å². The van der Waals surface area contributed by atoms with Crippen LogP contribution in [0.4, 0.5) is 0 Å². The van der Waals surface area contributed by atoms with Gasteiger partial charge in [0.2, 0.25) is 0 Å². The standard InChI is InChI=1S/C29H29BrN4O2S/c1-18-12-26(30)37-27(18)28(35)31-15-21-8-5-9-22-16-33(17-24(21)22)29(36)25-14-23-13-20(10-11-34(23)32-25)19-6-3-2-4-7-19/h2-4,6-7,10-14,21-22,24H,5,8-9,15-17H2,1H3,(H,31,35)/t21-,22+,24-/m0/s1. The quantitative estimate of drug-likeness (QED) is 0.314. The highest BCUT2D eigenvalue weighted by Gasteiger charge is 2.42. The lowest BCUT2D eigenvalue weighted by Crippen LogP contribution is -2.37. The average Bonchev–Trinajstić information content (AvgIpc) is 3.63. The van der Waals surface area contributed by atoms with Crippen LogP contribution in [-0.2, 0) is 0 Å². The number of benzene rings is 1. The second kappa shape index (κ2) is 10.1. The molecular formula is C29H29BrN4O2S. The Morgan fingerprint density at radius 3 is 2.70 bits per heavy atom. The highest BCUT2D eigenvalue weighted by Crippen LogP contribution is 2.40. The molecule has 37 heavy (non-hydrogen) atoms. The summed E-state index contributed by atoms with van der Waals surface area (Å²) in [7, 11) is 0. The number of aryl methyl sites for hydroxylation is 1. The molecule has 1 aromatic carbocycles. The minimum absolute atomic E-state index is 0.000764. The third-order valence-corrected chi connectivity index (χ3v) is 9.68. The third-order valence-electron chi connectivity index (χ3n) is 7.94. The molecule has 1 saturated heterocycles. The average molecular weight is 578 g/mol. The summed E-state index contributed by atoms with van der Waals surface area (Å²) in [5, 5.41) is 7.78. The van der Waals surface area contributed by atoms with E-state index in [-0.39, 0.29) is 11.8 Å². The van der Waals surface area contributed by atoms with E-state index >= 15 is 0 Å². The molecule has 3 aromatic heterocycles. The molecular weight excluding hydrogens is 548 g/mol. The lowest BCUT2D eigenvalue weighted by Gasteiger charge is -2.32. The third kappa shape index (κ3) is 4.84. The number of thiophene rings is 1. The van der Waals surface area contributed by atoms with E-state index in [0.717, 1.165) is 63.2 Å². The highest BCUT2D eigenvalue weighted by atomic mass is 79.9. The number of halogens is 1. The first kappa shape index (κ1) is 24.4. The van der Waals surface area contributed by atoms with Crippen molar-refractivity contribution in [1.29, 1.82) is 0 Å². The fourth-order valence-corrected chi connectivity index (χ4v) is 7.70. The van der Waals surface area contributed by atoms with Gasteiger partial charge in [-0.15, -0.1) is 11.3 Å². The summed E-state index contributed by atoms with van der Waals surface area (Å²) in [5.41, 5.74) is 4.65. The van der Waals surface area contributed by atoms with Crippen LogP contribution in [0.25, 0.3) is 16.6 Å². The van der Waals surface area contributed by atoms with Gasteiger partial charge in [-0.05, 0) is 94.4 Å². The molecule has 6 rings (SSSR count). The van der Waals surface area contributed by atoms with Crippen molar-refractivity contribution >= 4 is 44.6 Å². The Morgan fingerprint density at radius 1 is 1.08 bits per heavy atom. The number of hydrogen-bond acceptors (Lipinski definition) is 4. The molecule has 0 unspecified atom stereocenters. The Kier molecular flexibility index (Phi) is 6.63.